The van der Waals surface area contributed by atoms with Crippen LogP contribution in [-0.4, -0.2) is 47.5 Å². The Morgan fingerprint density at radius 2 is 2.12 bits per heavy atom. The van der Waals surface area contributed by atoms with Crippen molar-refractivity contribution in [3.63, 3.8) is 0 Å². The molecule has 0 spiro atoms. The Balaban J connectivity index is 1.79. The molecule has 0 radical (unpaired) electrons. The van der Waals surface area contributed by atoms with Crippen molar-refractivity contribution in [3.05, 3.63) is 0 Å². The first kappa shape index (κ1) is 13.2. The number of rotatable bonds is 3. The number of hydrogen-bond acceptors (Lipinski definition) is 3. The maximum absolute atomic E-state index is 4.74. The van der Waals surface area contributed by atoms with Gasteiger partial charge in [-0.1, -0.05) is 18.7 Å². The van der Waals surface area contributed by atoms with Crippen molar-refractivity contribution in [2.75, 3.05) is 25.4 Å². The molecule has 0 amide bonds. The van der Waals surface area contributed by atoms with Gasteiger partial charge in [0.1, 0.15) is 0 Å². The number of thioether (sulfide) groups is 1. The van der Waals surface area contributed by atoms with Gasteiger partial charge in [0.2, 0.25) is 0 Å². The lowest BCUT2D eigenvalue weighted by molar-refractivity contribution is 0.265. The molecule has 98 valence electrons. The van der Waals surface area contributed by atoms with Crippen molar-refractivity contribution in [2.24, 2.45) is 10.9 Å². The minimum absolute atomic E-state index is 0.567. The van der Waals surface area contributed by atoms with Crippen LogP contribution in [0, 0.1) is 5.92 Å². The van der Waals surface area contributed by atoms with Crippen LogP contribution in [0.15, 0.2) is 4.99 Å². The summed E-state index contributed by atoms with van der Waals surface area (Å²) in [4.78, 5) is 7.30. The zero-order valence-corrected chi connectivity index (χ0v) is 12.1. The smallest absolute Gasteiger partial charge is 0.156 e. The van der Waals surface area contributed by atoms with E-state index in [2.05, 4.69) is 31.0 Å². The van der Waals surface area contributed by atoms with E-state index in [4.69, 9.17) is 4.99 Å². The fourth-order valence-corrected chi connectivity index (χ4v) is 3.48. The van der Waals surface area contributed by atoms with Crippen molar-refractivity contribution in [1.82, 2.24) is 10.2 Å². The molecule has 2 saturated heterocycles. The summed E-state index contributed by atoms with van der Waals surface area (Å²) in [5.74, 6) is 1.94. The molecule has 1 N–H and O–H groups in total. The van der Waals surface area contributed by atoms with Crippen LogP contribution >= 0.6 is 11.8 Å². The molecule has 0 aliphatic carbocycles. The van der Waals surface area contributed by atoms with Crippen molar-refractivity contribution in [3.8, 4) is 0 Å². The lowest BCUT2D eigenvalue weighted by Gasteiger charge is -2.29. The Bertz CT molecular complexity index is 274. The Kier molecular flexibility index (Phi) is 4.74. The molecule has 3 unspecified atom stereocenters. The van der Waals surface area contributed by atoms with E-state index < -0.39 is 0 Å². The van der Waals surface area contributed by atoms with E-state index in [1.807, 2.05) is 11.8 Å². The highest BCUT2D eigenvalue weighted by Gasteiger charge is 2.21. The van der Waals surface area contributed by atoms with Gasteiger partial charge in [-0.15, -0.1) is 0 Å². The Morgan fingerprint density at radius 3 is 2.76 bits per heavy atom. The normalized spacial score (nSPS) is 34.9. The second kappa shape index (κ2) is 6.10. The maximum atomic E-state index is 4.74. The summed E-state index contributed by atoms with van der Waals surface area (Å²) < 4.78 is 0. The fraction of sp³-hybridized carbons (Fsp3) is 0.923. The summed E-state index contributed by atoms with van der Waals surface area (Å²) in [6, 6.07) is 1.17. The minimum Gasteiger partial charge on any atom is -0.362 e. The largest absolute Gasteiger partial charge is 0.362 e. The van der Waals surface area contributed by atoms with Crippen LogP contribution in [0.25, 0.3) is 0 Å². The Hall–Kier alpha value is -0.220. The molecule has 0 aromatic carbocycles. The van der Waals surface area contributed by atoms with Gasteiger partial charge in [-0.05, 0) is 45.7 Å². The molecule has 2 fully saturated rings. The highest BCUT2D eigenvalue weighted by molar-refractivity contribution is 8.13. The number of hydrogen-bond donors (Lipinski definition) is 1. The highest BCUT2D eigenvalue weighted by atomic mass is 32.2. The number of amidine groups is 1. The van der Waals surface area contributed by atoms with Crippen LogP contribution in [-0.2, 0) is 0 Å². The summed E-state index contributed by atoms with van der Waals surface area (Å²) in [6.07, 6.45) is 2.73. The zero-order chi connectivity index (χ0) is 12.3. The van der Waals surface area contributed by atoms with Gasteiger partial charge in [-0.2, -0.15) is 0 Å². The average Bonchev–Trinajstić information content (AvgIpc) is 2.84. The molecule has 2 aliphatic rings. The van der Waals surface area contributed by atoms with Crippen LogP contribution in [0.1, 0.15) is 33.6 Å². The topological polar surface area (TPSA) is 27.6 Å². The third-order valence-corrected chi connectivity index (χ3v) is 5.16. The van der Waals surface area contributed by atoms with Gasteiger partial charge in [0.05, 0.1) is 6.54 Å². The Labute approximate surface area is 109 Å². The second-order valence-electron chi connectivity index (χ2n) is 5.46. The lowest BCUT2D eigenvalue weighted by atomic mass is 10.1. The summed E-state index contributed by atoms with van der Waals surface area (Å²) in [7, 11) is 0. The van der Waals surface area contributed by atoms with Crippen LogP contribution in [0.3, 0.4) is 0 Å². The molecule has 2 heterocycles. The SMILES string of the molecule is CC1CSC(=NCC(C)N2CCCC2)NC1C. The van der Waals surface area contributed by atoms with Crippen molar-refractivity contribution < 1.29 is 0 Å². The third kappa shape index (κ3) is 3.62. The zero-order valence-electron chi connectivity index (χ0n) is 11.3. The van der Waals surface area contributed by atoms with Gasteiger partial charge in [-0.25, -0.2) is 0 Å². The average molecular weight is 255 g/mol. The third-order valence-electron chi connectivity index (χ3n) is 3.95. The van der Waals surface area contributed by atoms with E-state index >= 15 is 0 Å². The quantitative estimate of drug-likeness (QED) is 0.838. The van der Waals surface area contributed by atoms with E-state index in [0.717, 1.165) is 17.6 Å². The first-order valence-electron chi connectivity index (χ1n) is 6.84. The molecule has 0 aromatic heterocycles. The molecule has 2 rings (SSSR count). The molecule has 17 heavy (non-hydrogen) atoms. The first-order chi connectivity index (χ1) is 8.16. The van der Waals surface area contributed by atoms with Crippen molar-refractivity contribution in [1.29, 1.82) is 0 Å². The molecular formula is C13H25N3S. The lowest BCUT2D eigenvalue weighted by Crippen LogP contribution is -2.42. The predicted octanol–water partition coefficient (Wildman–Crippen LogP) is 2.19. The van der Waals surface area contributed by atoms with Crippen LogP contribution in [0.5, 0.6) is 0 Å². The second-order valence-corrected chi connectivity index (χ2v) is 6.47. The molecule has 3 nitrogen and oxygen atoms in total. The molecule has 0 bridgehead atoms. The monoisotopic (exact) mass is 255 g/mol. The van der Waals surface area contributed by atoms with Gasteiger partial charge in [0.15, 0.2) is 5.17 Å². The first-order valence-corrected chi connectivity index (χ1v) is 7.83. The summed E-state index contributed by atoms with van der Waals surface area (Å²) in [5, 5.41) is 4.66. The van der Waals surface area contributed by atoms with E-state index in [-0.39, 0.29) is 0 Å². The Morgan fingerprint density at radius 1 is 1.41 bits per heavy atom. The van der Waals surface area contributed by atoms with E-state index in [1.165, 1.54) is 31.7 Å². The van der Waals surface area contributed by atoms with E-state index in [9.17, 15) is 0 Å². The maximum Gasteiger partial charge on any atom is 0.156 e. The summed E-state index contributed by atoms with van der Waals surface area (Å²) in [5.41, 5.74) is 0. The molecule has 3 atom stereocenters. The highest BCUT2D eigenvalue weighted by Crippen LogP contribution is 2.19. The van der Waals surface area contributed by atoms with Crippen LogP contribution in [0.2, 0.25) is 0 Å². The van der Waals surface area contributed by atoms with Gasteiger partial charge >= 0.3 is 0 Å². The van der Waals surface area contributed by atoms with E-state index in [1.54, 1.807) is 0 Å². The summed E-state index contributed by atoms with van der Waals surface area (Å²) in [6.45, 7) is 10.3. The van der Waals surface area contributed by atoms with Crippen molar-refractivity contribution >= 4 is 16.9 Å². The van der Waals surface area contributed by atoms with Gasteiger partial charge in [-0.3, -0.25) is 9.89 Å². The number of aliphatic imine (C=N–C) groups is 1. The van der Waals surface area contributed by atoms with Gasteiger partial charge in [0, 0.05) is 17.8 Å². The van der Waals surface area contributed by atoms with Gasteiger partial charge in [0.25, 0.3) is 0 Å². The standard InChI is InChI=1S/C13H25N3S/c1-10-9-17-13(15-12(10)3)14-8-11(2)16-6-4-5-7-16/h10-12H,4-9H2,1-3H3,(H,14,15). The number of nitrogens with one attached hydrogen (secondary N) is 1. The molecule has 0 aromatic rings. The van der Waals surface area contributed by atoms with Crippen LogP contribution in [0.4, 0.5) is 0 Å². The molecule has 4 heteroatoms. The number of nitrogens with zero attached hydrogens (tertiary/aromatic N) is 2. The van der Waals surface area contributed by atoms with Crippen molar-refractivity contribution in [2.45, 2.75) is 45.7 Å². The minimum atomic E-state index is 0.567. The van der Waals surface area contributed by atoms with E-state index in [0.29, 0.717) is 12.1 Å². The van der Waals surface area contributed by atoms with Gasteiger partial charge < -0.3 is 5.32 Å². The molecular weight excluding hydrogens is 230 g/mol. The molecule has 2 aliphatic heterocycles. The summed E-state index contributed by atoms with van der Waals surface area (Å²) >= 11 is 1.88. The number of likely N-dealkylation sites (tertiary alicyclic amines) is 1. The van der Waals surface area contributed by atoms with Crippen LogP contribution < -0.4 is 5.32 Å². The molecule has 0 saturated carbocycles. The fourth-order valence-electron chi connectivity index (χ4n) is 2.34. The predicted molar refractivity (Wildman–Crippen MR) is 76.8 cm³/mol.